The molecule has 4 heteroatoms. The van der Waals surface area contributed by atoms with Gasteiger partial charge in [0, 0.05) is 21.1 Å². The van der Waals surface area contributed by atoms with Gasteiger partial charge in [-0.25, -0.2) is 0 Å². The van der Waals surface area contributed by atoms with Crippen LogP contribution in [0.4, 0.5) is 0 Å². The van der Waals surface area contributed by atoms with Gasteiger partial charge >= 0.3 is 0 Å². The van der Waals surface area contributed by atoms with Crippen LogP contribution in [0.25, 0.3) is 0 Å². The highest BCUT2D eigenvalue weighted by molar-refractivity contribution is 6.33. The number of nitrogens with one attached hydrogen (secondary N) is 1. The van der Waals surface area contributed by atoms with Crippen LogP contribution in [0.15, 0.2) is 36.4 Å². The number of benzene rings is 2. The summed E-state index contributed by atoms with van der Waals surface area (Å²) >= 11 is 18.3. The summed E-state index contributed by atoms with van der Waals surface area (Å²) in [5.74, 6) is 0. The largest absolute Gasteiger partial charge is 0.313 e. The molecule has 0 saturated carbocycles. The molecule has 0 heterocycles. The van der Waals surface area contributed by atoms with Crippen molar-refractivity contribution < 1.29 is 0 Å². The second-order valence-electron chi connectivity index (χ2n) is 4.78. The quantitative estimate of drug-likeness (QED) is 0.786. The Labute approximate surface area is 134 Å². The number of halogens is 3. The average molecular weight is 329 g/mol. The van der Waals surface area contributed by atoms with Crippen molar-refractivity contribution in [2.45, 2.75) is 19.4 Å². The van der Waals surface area contributed by atoms with E-state index in [1.165, 1.54) is 5.56 Å². The first kappa shape index (κ1) is 15.7. The minimum absolute atomic E-state index is 0.170. The maximum Gasteiger partial charge on any atom is 0.0439 e. The lowest BCUT2D eigenvalue weighted by Crippen LogP contribution is -2.20. The molecule has 2 aromatic rings. The Kier molecular flexibility index (Phi) is 5.34. The smallest absolute Gasteiger partial charge is 0.0439 e. The Morgan fingerprint density at radius 2 is 1.65 bits per heavy atom. The van der Waals surface area contributed by atoms with Gasteiger partial charge in [0.15, 0.2) is 0 Å². The summed E-state index contributed by atoms with van der Waals surface area (Å²) in [7, 11) is 1.94. The van der Waals surface area contributed by atoms with Crippen LogP contribution in [0.3, 0.4) is 0 Å². The average Bonchev–Trinajstić information content (AvgIpc) is 2.40. The molecule has 0 aliphatic carbocycles. The molecule has 1 N–H and O–H groups in total. The SMILES string of the molecule is CNC(Cc1cc(Cl)ccc1Cl)c1ccc(Cl)cc1C. The molecule has 0 fully saturated rings. The van der Waals surface area contributed by atoms with E-state index in [9.17, 15) is 0 Å². The van der Waals surface area contributed by atoms with E-state index in [1.54, 1.807) is 6.07 Å². The first-order valence-electron chi connectivity index (χ1n) is 6.38. The van der Waals surface area contributed by atoms with Crippen molar-refractivity contribution in [1.29, 1.82) is 0 Å². The van der Waals surface area contributed by atoms with Crippen molar-refractivity contribution in [3.63, 3.8) is 0 Å². The highest BCUT2D eigenvalue weighted by Crippen LogP contribution is 2.28. The van der Waals surface area contributed by atoms with Gasteiger partial charge in [0.05, 0.1) is 0 Å². The van der Waals surface area contributed by atoms with Crippen LogP contribution >= 0.6 is 34.8 Å². The van der Waals surface area contributed by atoms with E-state index in [0.717, 1.165) is 27.6 Å². The van der Waals surface area contributed by atoms with Gasteiger partial charge in [0.25, 0.3) is 0 Å². The molecule has 20 heavy (non-hydrogen) atoms. The summed E-state index contributed by atoms with van der Waals surface area (Å²) < 4.78 is 0. The Hall–Kier alpha value is -0.730. The third-order valence-corrected chi connectivity index (χ3v) is 4.23. The number of hydrogen-bond acceptors (Lipinski definition) is 1. The minimum Gasteiger partial charge on any atom is -0.313 e. The highest BCUT2D eigenvalue weighted by atomic mass is 35.5. The standard InChI is InChI=1S/C16H16Cl3N/c1-10-7-12(17)3-5-14(10)16(20-2)9-11-8-13(18)4-6-15(11)19/h3-8,16,20H,9H2,1-2H3. The molecule has 1 unspecified atom stereocenters. The fraction of sp³-hybridized carbons (Fsp3) is 0.250. The predicted octanol–water partition coefficient (Wildman–Crippen LogP) is 5.46. The van der Waals surface area contributed by atoms with Crippen LogP contribution in [0, 0.1) is 6.92 Å². The van der Waals surface area contributed by atoms with Crippen molar-refractivity contribution >= 4 is 34.8 Å². The first-order chi connectivity index (χ1) is 9.51. The van der Waals surface area contributed by atoms with E-state index in [0.29, 0.717) is 5.02 Å². The number of rotatable bonds is 4. The second-order valence-corrected chi connectivity index (χ2v) is 6.06. The fourth-order valence-electron chi connectivity index (χ4n) is 2.32. The van der Waals surface area contributed by atoms with Crippen molar-refractivity contribution in [3.05, 3.63) is 68.2 Å². The minimum atomic E-state index is 0.170. The molecule has 0 aromatic heterocycles. The molecule has 0 aliphatic heterocycles. The van der Waals surface area contributed by atoms with E-state index in [-0.39, 0.29) is 6.04 Å². The Balaban J connectivity index is 2.31. The van der Waals surface area contributed by atoms with Crippen LogP contribution in [-0.4, -0.2) is 7.05 Å². The third kappa shape index (κ3) is 3.67. The lowest BCUT2D eigenvalue weighted by atomic mass is 9.95. The van der Waals surface area contributed by atoms with Gasteiger partial charge in [0.2, 0.25) is 0 Å². The molecule has 2 rings (SSSR count). The second kappa shape index (κ2) is 6.82. The summed E-state index contributed by atoms with van der Waals surface area (Å²) in [5, 5.41) is 5.52. The van der Waals surface area contributed by atoms with Crippen molar-refractivity contribution in [1.82, 2.24) is 5.32 Å². The molecule has 2 aromatic carbocycles. The number of likely N-dealkylation sites (N-methyl/N-ethyl adjacent to an activating group) is 1. The molecule has 106 valence electrons. The van der Waals surface area contributed by atoms with Crippen molar-refractivity contribution in [2.24, 2.45) is 0 Å². The normalized spacial score (nSPS) is 12.4. The van der Waals surface area contributed by atoms with Gasteiger partial charge in [-0.05, 0) is 67.4 Å². The topological polar surface area (TPSA) is 12.0 Å². The van der Waals surface area contributed by atoms with Gasteiger partial charge < -0.3 is 5.32 Å². The molecule has 1 nitrogen and oxygen atoms in total. The van der Waals surface area contributed by atoms with E-state index >= 15 is 0 Å². The molecule has 0 amide bonds. The van der Waals surface area contributed by atoms with E-state index in [1.807, 2.05) is 31.3 Å². The monoisotopic (exact) mass is 327 g/mol. The zero-order valence-electron chi connectivity index (χ0n) is 11.4. The lowest BCUT2D eigenvalue weighted by Gasteiger charge is -2.20. The lowest BCUT2D eigenvalue weighted by molar-refractivity contribution is 0.589. The maximum absolute atomic E-state index is 6.24. The molecule has 1 atom stereocenters. The van der Waals surface area contributed by atoms with Gasteiger partial charge in [-0.3, -0.25) is 0 Å². The van der Waals surface area contributed by atoms with Crippen LogP contribution in [0.2, 0.25) is 15.1 Å². The van der Waals surface area contributed by atoms with Crippen molar-refractivity contribution in [2.75, 3.05) is 7.05 Å². The van der Waals surface area contributed by atoms with E-state index in [2.05, 4.69) is 18.3 Å². The molecular formula is C16H16Cl3N. The Morgan fingerprint density at radius 1 is 1.00 bits per heavy atom. The van der Waals surface area contributed by atoms with E-state index in [4.69, 9.17) is 34.8 Å². The molecule has 0 bridgehead atoms. The van der Waals surface area contributed by atoms with Gasteiger partial charge in [-0.1, -0.05) is 40.9 Å². The van der Waals surface area contributed by atoms with Gasteiger partial charge in [-0.2, -0.15) is 0 Å². The first-order valence-corrected chi connectivity index (χ1v) is 7.52. The maximum atomic E-state index is 6.24. The van der Waals surface area contributed by atoms with Gasteiger partial charge in [-0.15, -0.1) is 0 Å². The van der Waals surface area contributed by atoms with Crippen LogP contribution in [0.5, 0.6) is 0 Å². The van der Waals surface area contributed by atoms with Crippen LogP contribution in [0.1, 0.15) is 22.7 Å². The van der Waals surface area contributed by atoms with Crippen LogP contribution in [-0.2, 0) is 6.42 Å². The molecule has 0 spiro atoms. The molecular weight excluding hydrogens is 313 g/mol. The Morgan fingerprint density at radius 3 is 2.30 bits per heavy atom. The third-order valence-electron chi connectivity index (χ3n) is 3.39. The molecule has 0 saturated heterocycles. The molecule has 0 radical (unpaired) electrons. The molecule has 0 aliphatic rings. The summed E-state index contributed by atoms with van der Waals surface area (Å²) in [4.78, 5) is 0. The summed E-state index contributed by atoms with van der Waals surface area (Å²) in [6.45, 7) is 2.06. The zero-order valence-corrected chi connectivity index (χ0v) is 13.7. The van der Waals surface area contributed by atoms with E-state index < -0.39 is 0 Å². The zero-order chi connectivity index (χ0) is 14.7. The predicted molar refractivity (Wildman–Crippen MR) is 88.2 cm³/mol. The number of aryl methyl sites for hydroxylation is 1. The highest BCUT2D eigenvalue weighted by Gasteiger charge is 2.14. The fourth-order valence-corrected chi connectivity index (χ4v) is 2.93. The number of hydrogen-bond donors (Lipinski definition) is 1. The summed E-state index contributed by atoms with van der Waals surface area (Å²) in [5.41, 5.74) is 3.41. The van der Waals surface area contributed by atoms with Crippen LogP contribution < -0.4 is 5.32 Å². The summed E-state index contributed by atoms with van der Waals surface area (Å²) in [6, 6.07) is 11.7. The Bertz CT molecular complexity index is 611. The van der Waals surface area contributed by atoms with Crippen molar-refractivity contribution in [3.8, 4) is 0 Å². The summed E-state index contributed by atoms with van der Waals surface area (Å²) in [6.07, 6.45) is 0.776. The van der Waals surface area contributed by atoms with Gasteiger partial charge in [0.1, 0.15) is 0 Å².